The highest BCUT2D eigenvalue weighted by molar-refractivity contribution is 7.80. The minimum Gasteiger partial charge on any atom is -0.483 e. The zero-order valence-corrected chi connectivity index (χ0v) is 12.9. The molecule has 2 amide bonds. The molecule has 0 aliphatic rings. The molecule has 0 atom stereocenters. The molecule has 7 nitrogen and oxygen atoms in total. The van der Waals surface area contributed by atoms with Gasteiger partial charge in [-0.1, -0.05) is 11.6 Å². The molecule has 0 saturated carbocycles. The lowest BCUT2D eigenvalue weighted by Crippen LogP contribution is -2.49. The van der Waals surface area contributed by atoms with Crippen molar-refractivity contribution in [3.63, 3.8) is 0 Å². The van der Waals surface area contributed by atoms with Crippen molar-refractivity contribution >= 4 is 40.9 Å². The van der Waals surface area contributed by atoms with Crippen molar-refractivity contribution in [2.45, 2.75) is 6.92 Å². The molecule has 0 unspecified atom stereocenters. The van der Waals surface area contributed by atoms with Crippen LogP contribution >= 0.6 is 23.8 Å². The molecule has 1 rings (SSSR count). The van der Waals surface area contributed by atoms with Gasteiger partial charge in [-0.05, 0) is 42.9 Å². The molecule has 1 aromatic rings. The minimum atomic E-state index is -0.736. The fourth-order valence-electron chi connectivity index (χ4n) is 1.27. The second-order valence-electron chi connectivity index (χ2n) is 3.82. The van der Waals surface area contributed by atoms with Gasteiger partial charge in [-0.15, -0.1) is 0 Å². The largest absolute Gasteiger partial charge is 0.483 e. The van der Waals surface area contributed by atoms with Crippen LogP contribution in [0, 0.1) is 6.92 Å². The van der Waals surface area contributed by atoms with Crippen LogP contribution in [0.25, 0.3) is 0 Å². The van der Waals surface area contributed by atoms with Crippen LogP contribution in [-0.4, -0.2) is 30.8 Å². The molecule has 0 aliphatic carbocycles. The van der Waals surface area contributed by atoms with E-state index in [1.54, 1.807) is 18.2 Å². The highest BCUT2D eigenvalue weighted by Gasteiger charge is 2.08. The van der Waals surface area contributed by atoms with Gasteiger partial charge in [0, 0.05) is 5.02 Å². The van der Waals surface area contributed by atoms with E-state index in [0.717, 1.165) is 5.56 Å². The van der Waals surface area contributed by atoms with Crippen LogP contribution in [0.1, 0.15) is 5.56 Å². The fraction of sp³-hybridized carbons (Fsp3) is 0.250. The number of carbonyl (C=O) groups excluding carboxylic acids is 2. The van der Waals surface area contributed by atoms with Gasteiger partial charge in [0.15, 0.2) is 11.7 Å². The van der Waals surface area contributed by atoms with Crippen LogP contribution in [0.4, 0.5) is 4.79 Å². The van der Waals surface area contributed by atoms with Gasteiger partial charge in [0.2, 0.25) is 0 Å². The highest BCUT2D eigenvalue weighted by atomic mass is 35.5. The van der Waals surface area contributed by atoms with Crippen molar-refractivity contribution in [1.29, 1.82) is 0 Å². The molecule has 0 saturated heterocycles. The summed E-state index contributed by atoms with van der Waals surface area (Å²) in [4.78, 5) is 22.4. The molecule has 1 aromatic carbocycles. The number of thiocarbonyl (C=S) groups is 1. The smallest absolute Gasteiger partial charge is 0.425 e. The molecule has 3 N–H and O–H groups in total. The molecule has 9 heteroatoms. The highest BCUT2D eigenvalue weighted by Crippen LogP contribution is 2.21. The molecule has 0 bridgehead atoms. The molecule has 0 radical (unpaired) electrons. The summed E-state index contributed by atoms with van der Waals surface area (Å²) in [5.74, 6) is 0.0645. The molecular weight excluding hydrogens is 318 g/mol. The van der Waals surface area contributed by atoms with Crippen molar-refractivity contribution in [2.24, 2.45) is 0 Å². The summed E-state index contributed by atoms with van der Waals surface area (Å²) >= 11 is 10.6. The van der Waals surface area contributed by atoms with E-state index in [1.807, 2.05) is 6.92 Å². The number of methoxy groups -OCH3 is 1. The molecule has 0 spiro atoms. The van der Waals surface area contributed by atoms with Gasteiger partial charge in [-0.25, -0.2) is 10.2 Å². The Morgan fingerprint density at radius 1 is 1.33 bits per heavy atom. The van der Waals surface area contributed by atoms with Gasteiger partial charge in [-0.2, -0.15) is 0 Å². The Morgan fingerprint density at radius 2 is 2.05 bits per heavy atom. The number of ether oxygens (including phenoxy) is 2. The quantitative estimate of drug-likeness (QED) is 0.571. The second-order valence-corrected chi connectivity index (χ2v) is 4.66. The zero-order chi connectivity index (χ0) is 15.8. The average molecular weight is 332 g/mol. The Hall–Kier alpha value is -2.06. The van der Waals surface area contributed by atoms with Crippen molar-refractivity contribution in [2.75, 3.05) is 13.7 Å². The van der Waals surface area contributed by atoms with Gasteiger partial charge in [0.05, 0.1) is 7.11 Å². The Kier molecular flexibility index (Phi) is 6.70. The van der Waals surface area contributed by atoms with Gasteiger partial charge >= 0.3 is 6.09 Å². The van der Waals surface area contributed by atoms with Crippen molar-refractivity contribution < 1.29 is 19.1 Å². The molecule has 0 fully saturated rings. The molecule has 0 heterocycles. The lowest BCUT2D eigenvalue weighted by atomic mass is 10.2. The Bertz CT molecular complexity index is 553. The van der Waals surface area contributed by atoms with Crippen molar-refractivity contribution in [3.8, 4) is 5.75 Å². The van der Waals surface area contributed by atoms with Gasteiger partial charge in [0.1, 0.15) is 5.75 Å². The number of benzene rings is 1. The lowest BCUT2D eigenvalue weighted by molar-refractivity contribution is -0.121. The molecule has 0 aliphatic heterocycles. The zero-order valence-electron chi connectivity index (χ0n) is 11.4. The predicted octanol–water partition coefficient (Wildman–Crippen LogP) is 1.29. The third-order valence-electron chi connectivity index (χ3n) is 2.21. The van der Waals surface area contributed by atoms with E-state index in [1.165, 1.54) is 7.11 Å². The summed E-state index contributed by atoms with van der Waals surface area (Å²) in [5, 5.41) is 2.83. The first kappa shape index (κ1) is 17.0. The molecular formula is C12H14ClN3O4S. The second kappa shape index (κ2) is 8.28. The first-order chi connectivity index (χ1) is 9.92. The van der Waals surface area contributed by atoms with E-state index in [2.05, 4.69) is 20.9 Å². The van der Waals surface area contributed by atoms with Gasteiger partial charge in [-0.3, -0.25) is 15.5 Å². The summed E-state index contributed by atoms with van der Waals surface area (Å²) in [6.07, 6.45) is -0.736. The monoisotopic (exact) mass is 331 g/mol. The number of carbonyl (C=O) groups is 2. The normalized spacial score (nSPS) is 9.48. The number of hydrazine groups is 1. The third-order valence-corrected chi connectivity index (χ3v) is 2.65. The first-order valence-electron chi connectivity index (χ1n) is 5.75. The third kappa shape index (κ3) is 6.28. The van der Waals surface area contributed by atoms with Gasteiger partial charge in [0.25, 0.3) is 5.91 Å². The number of aryl methyl sites for hydroxylation is 1. The van der Waals surface area contributed by atoms with E-state index in [-0.39, 0.29) is 11.7 Å². The average Bonchev–Trinajstić information content (AvgIpc) is 2.43. The first-order valence-corrected chi connectivity index (χ1v) is 6.53. The lowest BCUT2D eigenvalue weighted by Gasteiger charge is -2.11. The van der Waals surface area contributed by atoms with Crippen LogP contribution in [0.3, 0.4) is 0 Å². The maximum atomic E-state index is 11.6. The number of rotatable bonds is 3. The predicted molar refractivity (Wildman–Crippen MR) is 81.1 cm³/mol. The van der Waals surface area contributed by atoms with Crippen LogP contribution in [-0.2, 0) is 9.53 Å². The van der Waals surface area contributed by atoms with E-state index >= 15 is 0 Å². The fourth-order valence-corrected chi connectivity index (χ4v) is 1.66. The van der Waals surface area contributed by atoms with Crippen LogP contribution < -0.4 is 20.9 Å². The van der Waals surface area contributed by atoms with Crippen LogP contribution in [0.5, 0.6) is 5.75 Å². The van der Waals surface area contributed by atoms with Crippen molar-refractivity contribution in [3.05, 3.63) is 28.8 Å². The Labute approximate surface area is 131 Å². The Balaban J connectivity index is 2.37. The summed E-state index contributed by atoms with van der Waals surface area (Å²) < 4.78 is 9.64. The van der Waals surface area contributed by atoms with Crippen LogP contribution in [0.15, 0.2) is 18.2 Å². The summed E-state index contributed by atoms with van der Waals surface area (Å²) in [5.41, 5.74) is 5.20. The summed E-state index contributed by atoms with van der Waals surface area (Å²) in [7, 11) is 1.20. The number of hydrogen-bond acceptors (Lipinski definition) is 5. The maximum absolute atomic E-state index is 11.6. The number of hydrogen-bond donors (Lipinski definition) is 3. The number of halogens is 1. The van der Waals surface area contributed by atoms with E-state index in [4.69, 9.17) is 28.6 Å². The van der Waals surface area contributed by atoms with Gasteiger partial charge < -0.3 is 9.47 Å². The SMILES string of the molecule is COC(=O)NNC(=S)NC(=O)COc1ccc(Cl)cc1C. The molecule has 0 aromatic heterocycles. The van der Waals surface area contributed by atoms with E-state index in [0.29, 0.717) is 10.8 Å². The summed E-state index contributed by atoms with van der Waals surface area (Å²) in [6.45, 7) is 1.58. The molecule has 114 valence electrons. The minimum absolute atomic E-state index is 0.0816. The molecule has 21 heavy (non-hydrogen) atoms. The Morgan fingerprint density at radius 3 is 2.67 bits per heavy atom. The van der Waals surface area contributed by atoms with Crippen molar-refractivity contribution in [1.82, 2.24) is 16.2 Å². The van der Waals surface area contributed by atoms with E-state index in [9.17, 15) is 9.59 Å². The standard InChI is InChI=1S/C12H14ClN3O4S/c1-7-5-8(13)3-4-9(7)20-6-10(17)14-11(21)15-16-12(18)19-2/h3-5H,6H2,1-2H3,(H,16,18)(H2,14,15,17,21). The number of nitrogens with one attached hydrogen (secondary N) is 3. The number of amides is 2. The van der Waals surface area contributed by atoms with Crippen LogP contribution in [0.2, 0.25) is 5.02 Å². The topological polar surface area (TPSA) is 88.7 Å². The maximum Gasteiger partial charge on any atom is 0.425 e. The van der Waals surface area contributed by atoms with E-state index < -0.39 is 12.0 Å². The summed E-state index contributed by atoms with van der Waals surface area (Å²) in [6, 6.07) is 5.05.